The average molecular weight is 406 g/mol. The molecule has 11 heteroatoms. The van der Waals surface area contributed by atoms with E-state index in [1.165, 1.54) is 24.3 Å². The molecule has 2 aromatic carbocycles. The number of benzene rings is 2. The van der Waals surface area contributed by atoms with Gasteiger partial charge in [-0.1, -0.05) is 12.1 Å². The second-order valence-corrected chi connectivity index (χ2v) is 5.65. The van der Waals surface area contributed by atoms with Crippen LogP contribution in [0.2, 0.25) is 0 Å². The van der Waals surface area contributed by atoms with Crippen molar-refractivity contribution in [2.75, 3.05) is 5.73 Å². The van der Waals surface area contributed by atoms with E-state index in [2.05, 4.69) is 4.98 Å². The maximum atomic E-state index is 14.3. The molecule has 2 N–H and O–H groups in total. The Morgan fingerprint density at radius 1 is 0.966 bits per heavy atom. The number of nitrogens with zero attached hydrogens (tertiary/aromatic N) is 3. The van der Waals surface area contributed by atoms with E-state index in [4.69, 9.17) is 5.73 Å². The molecule has 0 radical (unpaired) electrons. The van der Waals surface area contributed by atoms with Crippen LogP contribution in [0.15, 0.2) is 30.3 Å². The molecule has 29 heavy (non-hydrogen) atoms. The Hall–Kier alpha value is -4.07. The van der Waals surface area contributed by atoms with Gasteiger partial charge in [0, 0.05) is 11.6 Å². The summed E-state index contributed by atoms with van der Waals surface area (Å²) in [4.78, 5) is 14.3. The molecule has 3 rings (SSSR count). The third-order valence-electron chi connectivity index (χ3n) is 4.02. The molecule has 3 aromatic rings. The molecule has 0 saturated heterocycles. The maximum absolute atomic E-state index is 14.3. The number of anilines is 1. The number of nitriles is 1. The summed E-state index contributed by atoms with van der Waals surface area (Å²) < 4.78 is 69.2. The highest BCUT2D eigenvalue weighted by Gasteiger charge is 2.29. The minimum Gasteiger partial charge on any atom is -0.383 e. The quantitative estimate of drug-likeness (QED) is 0.227. The van der Waals surface area contributed by atoms with Crippen LogP contribution in [0, 0.1) is 50.5 Å². The fourth-order valence-electron chi connectivity index (χ4n) is 2.71. The Bertz CT molecular complexity index is 1190. The van der Waals surface area contributed by atoms with Crippen LogP contribution in [0.25, 0.3) is 22.4 Å². The number of hydrogen-bond acceptors (Lipinski definition) is 5. The first-order valence-corrected chi connectivity index (χ1v) is 7.65. The number of nitro benzene ring substituents is 1. The Balaban J connectivity index is 2.43. The number of nitro groups is 1. The van der Waals surface area contributed by atoms with E-state index in [1.807, 2.05) is 0 Å². The van der Waals surface area contributed by atoms with Gasteiger partial charge in [-0.25, -0.2) is 26.9 Å². The van der Waals surface area contributed by atoms with Crippen LogP contribution in [0.1, 0.15) is 5.56 Å². The largest absolute Gasteiger partial charge is 0.383 e. The van der Waals surface area contributed by atoms with E-state index in [9.17, 15) is 37.3 Å². The Labute approximate surface area is 158 Å². The predicted octanol–water partition coefficient (Wildman–Crippen LogP) is 4.47. The van der Waals surface area contributed by atoms with Crippen molar-refractivity contribution in [1.29, 1.82) is 5.26 Å². The lowest BCUT2D eigenvalue weighted by molar-refractivity contribution is -0.384. The molecule has 0 aliphatic heterocycles. The molecule has 0 bridgehead atoms. The molecule has 0 spiro atoms. The van der Waals surface area contributed by atoms with Gasteiger partial charge in [-0.15, -0.1) is 0 Å². The van der Waals surface area contributed by atoms with E-state index < -0.39 is 62.2 Å². The van der Waals surface area contributed by atoms with Gasteiger partial charge in [-0.05, 0) is 12.1 Å². The number of nitrogens with two attached hydrogens (primary N) is 1. The summed E-state index contributed by atoms with van der Waals surface area (Å²) in [6.45, 7) is 0. The monoisotopic (exact) mass is 406 g/mol. The summed E-state index contributed by atoms with van der Waals surface area (Å²) in [7, 11) is 0. The predicted molar refractivity (Wildman–Crippen MR) is 90.7 cm³/mol. The van der Waals surface area contributed by atoms with Crippen LogP contribution in [-0.2, 0) is 0 Å². The molecule has 146 valence electrons. The van der Waals surface area contributed by atoms with Gasteiger partial charge in [0.15, 0.2) is 23.3 Å². The molecular weight excluding hydrogens is 399 g/mol. The Kier molecular flexibility index (Phi) is 4.86. The lowest BCUT2D eigenvalue weighted by atomic mass is 9.96. The first-order valence-electron chi connectivity index (χ1n) is 7.65. The van der Waals surface area contributed by atoms with Gasteiger partial charge in [-0.3, -0.25) is 10.1 Å². The third kappa shape index (κ3) is 3.10. The molecule has 0 atom stereocenters. The maximum Gasteiger partial charge on any atom is 0.278 e. The van der Waals surface area contributed by atoms with Crippen LogP contribution >= 0.6 is 0 Å². The van der Waals surface area contributed by atoms with Gasteiger partial charge in [-0.2, -0.15) is 5.26 Å². The standard InChI is InChI=1S/C18H7F5N4O2/c19-13-12(14(20)16(22)17(23)15(13)21)8-5-10(26-18(25)9(8)6-24)7-3-1-2-4-11(7)27(28)29/h1-5H,(H2,25,26). The Morgan fingerprint density at radius 3 is 2.07 bits per heavy atom. The van der Waals surface area contributed by atoms with E-state index in [-0.39, 0.29) is 11.3 Å². The summed E-state index contributed by atoms with van der Waals surface area (Å²) in [5, 5.41) is 20.5. The van der Waals surface area contributed by atoms with E-state index in [1.54, 1.807) is 0 Å². The number of rotatable bonds is 3. The molecule has 1 heterocycles. The smallest absolute Gasteiger partial charge is 0.278 e. The van der Waals surface area contributed by atoms with Crippen LogP contribution < -0.4 is 5.73 Å². The van der Waals surface area contributed by atoms with Crippen molar-refractivity contribution in [3.8, 4) is 28.5 Å². The molecule has 0 saturated carbocycles. The van der Waals surface area contributed by atoms with Crippen molar-refractivity contribution in [1.82, 2.24) is 4.98 Å². The van der Waals surface area contributed by atoms with Crippen LogP contribution in [-0.4, -0.2) is 9.91 Å². The van der Waals surface area contributed by atoms with Crippen LogP contribution in [0.5, 0.6) is 0 Å². The second kappa shape index (κ2) is 7.16. The summed E-state index contributed by atoms with van der Waals surface area (Å²) in [6, 6.07) is 7.40. The molecule has 0 amide bonds. The van der Waals surface area contributed by atoms with Crippen molar-refractivity contribution in [2.45, 2.75) is 0 Å². The lowest BCUT2D eigenvalue weighted by Gasteiger charge is -2.13. The summed E-state index contributed by atoms with van der Waals surface area (Å²) >= 11 is 0. The molecule has 0 aliphatic rings. The van der Waals surface area contributed by atoms with Crippen molar-refractivity contribution in [2.24, 2.45) is 0 Å². The zero-order chi connectivity index (χ0) is 21.5. The van der Waals surface area contributed by atoms with Gasteiger partial charge in [0.05, 0.1) is 21.7 Å². The number of pyridine rings is 1. The summed E-state index contributed by atoms with van der Waals surface area (Å²) in [5.74, 6) is -11.8. The van der Waals surface area contributed by atoms with E-state index >= 15 is 0 Å². The van der Waals surface area contributed by atoms with Gasteiger partial charge < -0.3 is 5.73 Å². The number of nitrogen functional groups attached to an aromatic ring is 1. The zero-order valence-electron chi connectivity index (χ0n) is 14.0. The highest BCUT2D eigenvalue weighted by molar-refractivity contribution is 5.82. The van der Waals surface area contributed by atoms with E-state index in [0.29, 0.717) is 0 Å². The average Bonchev–Trinajstić information content (AvgIpc) is 2.70. The first-order chi connectivity index (χ1) is 13.7. The fraction of sp³-hybridized carbons (Fsp3) is 0. The summed E-state index contributed by atoms with van der Waals surface area (Å²) in [6.07, 6.45) is 0. The third-order valence-corrected chi connectivity index (χ3v) is 4.02. The highest BCUT2D eigenvalue weighted by Crippen LogP contribution is 2.38. The van der Waals surface area contributed by atoms with Crippen molar-refractivity contribution >= 4 is 11.5 Å². The van der Waals surface area contributed by atoms with Gasteiger partial charge in [0.1, 0.15) is 17.5 Å². The molecule has 0 unspecified atom stereocenters. The first kappa shape index (κ1) is 19.7. The lowest BCUT2D eigenvalue weighted by Crippen LogP contribution is -2.07. The van der Waals surface area contributed by atoms with Crippen LogP contribution in [0.3, 0.4) is 0 Å². The molecular formula is C18H7F5N4O2. The SMILES string of the molecule is N#Cc1c(-c2c(F)c(F)c(F)c(F)c2F)cc(-c2ccccc2[N+](=O)[O-])nc1N. The number of aromatic nitrogens is 1. The highest BCUT2D eigenvalue weighted by atomic mass is 19.2. The number of halogens is 5. The molecule has 6 nitrogen and oxygen atoms in total. The molecule has 0 fully saturated rings. The molecule has 1 aromatic heterocycles. The topological polar surface area (TPSA) is 106 Å². The molecule has 0 aliphatic carbocycles. The van der Waals surface area contributed by atoms with Gasteiger partial charge >= 0.3 is 0 Å². The van der Waals surface area contributed by atoms with Crippen LogP contribution in [0.4, 0.5) is 33.5 Å². The Morgan fingerprint density at radius 2 is 1.52 bits per heavy atom. The normalized spacial score (nSPS) is 10.6. The fourth-order valence-corrected chi connectivity index (χ4v) is 2.71. The van der Waals surface area contributed by atoms with Crippen molar-refractivity contribution in [3.05, 3.63) is 75.1 Å². The van der Waals surface area contributed by atoms with E-state index in [0.717, 1.165) is 12.1 Å². The minimum absolute atomic E-state index is 0.140. The summed E-state index contributed by atoms with van der Waals surface area (Å²) in [5.41, 5.74) is 1.94. The van der Waals surface area contributed by atoms with Gasteiger partial charge in [0.25, 0.3) is 5.69 Å². The minimum atomic E-state index is -2.37. The second-order valence-electron chi connectivity index (χ2n) is 5.65. The van der Waals surface area contributed by atoms with Gasteiger partial charge in [0.2, 0.25) is 5.82 Å². The van der Waals surface area contributed by atoms with Crippen molar-refractivity contribution < 1.29 is 26.9 Å². The number of para-hydroxylation sites is 1. The van der Waals surface area contributed by atoms with Crippen molar-refractivity contribution in [3.63, 3.8) is 0 Å². The zero-order valence-corrected chi connectivity index (χ0v) is 14.0. The number of hydrogen-bond donors (Lipinski definition) is 1.